The van der Waals surface area contributed by atoms with Crippen LogP contribution in [-0.2, 0) is 9.53 Å². The summed E-state index contributed by atoms with van der Waals surface area (Å²) in [5.41, 5.74) is 0.448. The van der Waals surface area contributed by atoms with Crippen molar-refractivity contribution in [3.63, 3.8) is 0 Å². The summed E-state index contributed by atoms with van der Waals surface area (Å²) in [5, 5.41) is 0. The fourth-order valence-electron chi connectivity index (χ4n) is 0.444. The van der Waals surface area contributed by atoms with Gasteiger partial charge < -0.3 is 9.64 Å². The molecule has 0 aromatic carbocycles. The fourth-order valence-corrected chi connectivity index (χ4v) is 0.444. The predicted octanol–water partition coefficient (Wildman–Crippen LogP) is 1.69. The largest absolute Gasteiger partial charge is 0.461 e. The van der Waals surface area contributed by atoms with Gasteiger partial charge >= 0.3 is 5.97 Å². The molecule has 0 aromatic rings. The molecule has 0 bridgehead atoms. The standard InChI is InChI=1S/C8H15NO2.C2H6/c1-7(2)8(10)11-6-5-9(3)4;1-2/h1,5-6H2,2-4H3;1-2H3. The molecule has 0 amide bonds. The lowest BCUT2D eigenvalue weighted by molar-refractivity contribution is -0.139. The highest BCUT2D eigenvalue weighted by molar-refractivity contribution is 5.86. The normalized spacial score (nSPS) is 8.77. The maximum absolute atomic E-state index is 10.8. The molecule has 0 aliphatic carbocycles. The van der Waals surface area contributed by atoms with Gasteiger partial charge in [-0.2, -0.15) is 0 Å². The van der Waals surface area contributed by atoms with Gasteiger partial charge in [-0.15, -0.1) is 0 Å². The minimum atomic E-state index is -0.313. The maximum Gasteiger partial charge on any atom is 0.333 e. The molecule has 0 saturated heterocycles. The molecule has 13 heavy (non-hydrogen) atoms. The molecule has 0 N–H and O–H groups in total. The third-order valence-electron chi connectivity index (χ3n) is 1.12. The first-order chi connectivity index (χ1) is 6.04. The molecule has 0 atom stereocenters. The van der Waals surface area contributed by atoms with Crippen LogP contribution in [0.4, 0.5) is 0 Å². The second-order valence-corrected chi connectivity index (χ2v) is 2.72. The van der Waals surface area contributed by atoms with E-state index >= 15 is 0 Å². The smallest absolute Gasteiger partial charge is 0.333 e. The molecular weight excluding hydrogens is 166 g/mol. The molecule has 78 valence electrons. The van der Waals surface area contributed by atoms with Gasteiger partial charge in [0.2, 0.25) is 0 Å². The van der Waals surface area contributed by atoms with E-state index in [9.17, 15) is 4.79 Å². The van der Waals surface area contributed by atoms with E-state index in [0.29, 0.717) is 12.2 Å². The Morgan fingerprint density at radius 3 is 2.15 bits per heavy atom. The third-order valence-corrected chi connectivity index (χ3v) is 1.12. The van der Waals surface area contributed by atoms with E-state index in [2.05, 4.69) is 6.58 Å². The van der Waals surface area contributed by atoms with Gasteiger partial charge in [0, 0.05) is 12.1 Å². The van der Waals surface area contributed by atoms with Crippen molar-refractivity contribution in [1.82, 2.24) is 4.90 Å². The van der Waals surface area contributed by atoms with Crippen LogP contribution in [0.1, 0.15) is 20.8 Å². The van der Waals surface area contributed by atoms with Gasteiger partial charge in [-0.1, -0.05) is 20.4 Å². The minimum Gasteiger partial charge on any atom is -0.461 e. The predicted molar refractivity (Wildman–Crippen MR) is 55.7 cm³/mol. The zero-order valence-electron chi connectivity index (χ0n) is 9.39. The Morgan fingerprint density at radius 1 is 1.38 bits per heavy atom. The number of ether oxygens (including phenoxy) is 1. The van der Waals surface area contributed by atoms with Crippen molar-refractivity contribution < 1.29 is 9.53 Å². The first-order valence-corrected chi connectivity index (χ1v) is 4.51. The maximum atomic E-state index is 10.8. The molecule has 0 radical (unpaired) electrons. The Bertz CT molecular complexity index is 153. The highest BCUT2D eigenvalue weighted by atomic mass is 16.5. The van der Waals surface area contributed by atoms with E-state index in [4.69, 9.17) is 4.74 Å². The lowest BCUT2D eigenvalue weighted by Gasteiger charge is -2.09. The SMILES string of the molecule is C=C(C)C(=O)OCCN(C)C.CC. The number of hydrogen-bond donors (Lipinski definition) is 0. The summed E-state index contributed by atoms with van der Waals surface area (Å²) >= 11 is 0. The number of nitrogens with zero attached hydrogens (tertiary/aromatic N) is 1. The van der Waals surface area contributed by atoms with E-state index in [1.54, 1.807) is 6.92 Å². The molecule has 0 heterocycles. The lowest BCUT2D eigenvalue weighted by atomic mass is 10.4. The van der Waals surface area contributed by atoms with Gasteiger partial charge in [-0.3, -0.25) is 0 Å². The first kappa shape index (κ1) is 14.7. The number of carbonyl (C=O) groups excluding carboxylic acids is 1. The number of carbonyl (C=O) groups is 1. The van der Waals surface area contributed by atoms with Crippen molar-refractivity contribution in [1.29, 1.82) is 0 Å². The second kappa shape index (κ2) is 9.26. The Hall–Kier alpha value is -0.830. The molecule has 0 saturated carbocycles. The lowest BCUT2D eigenvalue weighted by Crippen LogP contribution is -2.20. The number of rotatable bonds is 4. The zero-order chi connectivity index (χ0) is 10.9. The van der Waals surface area contributed by atoms with Crippen molar-refractivity contribution in [2.45, 2.75) is 20.8 Å². The number of likely N-dealkylation sites (N-methyl/N-ethyl adjacent to an activating group) is 1. The third kappa shape index (κ3) is 11.2. The summed E-state index contributed by atoms with van der Waals surface area (Å²) in [6.07, 6.45) is 0. The second-order valence-electron chi connectivity index (χ2n) is 2.72. The van der Waals surface area contributed by atoms with Gasteiger partial charge in [-0.05, 0) is 21.0 Å². The number of hydrogen-bond acceptors (Lipinski definition) is 3. The Labute approximate surface area is 81.4 Å². The van der Waals surface area contributed by atoms with E-state index in [0.717, 1.165) is 6.54 Å². The van der Waals surface area contributed by atoms with Crippen LogP contribution >= 0.6 is 0 Å². The van der Waals surface area contributed by atoms with Crippen LogP contribution in [0.2, 0.25) is 0 Å². The van der Waals surface area contributed by atoms with Crippen LogP contribution in [0.25, 0.3) is 0 Å². The molecule has 0 spiro atoms. The van der Waals surface area contributed by atoms with Gasteiger partial charge in [0.05, 0.1) is 0 Å². The average molecular weight is 187 g/mol. The summed E-state index contributed by atoms with van der Waals surface area (Å²) in [5.74, 6) is -0.313. The molecule has 0 aromatic heterocycles. The van der Waals surface area contributed by atoms with Crippen LogP contribution < -0.4 is 0 Å². The van der Waals surface area contributed by atoms with Crippen molar-refractivity contribution in [2.24, 2.45) is 0 Å². The average Bonchev–Trinajstić information content (AvgIpc) is 2.07. The molecule has 0 fully saturated rings. The Morgan fingerprint density at radius 2 is 1.85 bits per heavy atom. The van der Waals surface area contributed by atoms with E-state index < -0.39 is 0 Å². The number of esters is 1. The molecule has 0 aliphatic rings. The van der Waals surface area contributed by atoms with Gasteiger partial charge in [-0.25, -0.2) is 4.79 Å². The fraction of sp³-hybridized carbons (Fsp3) is 0.700. The van der Waals surface area contributed by atoms with Crippen LogP contribution in [-0.4, -0.2) is 38.1 Å². The van der Waals surface area contributed by atoms with E-state index in [1.807, 2.05) is 32.8 Å². The Balaban J connectivity index is 0. The van der Waals surface area contributed by atoms with Crippen LogP contribution in [0.15, 0.2) is 12.2 Å². The highest BCUT2D eigenvalue weighted by Crippen LogP contribution is 1.91. The topological polar surface area (TPSA) is 29.5 Å². The minimum absolute atomic E-state index is 0.313. The van der Waals surface area contributed by atoms with Crippen LogP contribution in [0.3, 0.4) is 0 Å². The zero-order valence-corrected chi connectivity index (χ0v) is 9.39. The quantitative estimate of drug-likeness (QED) is 0.495. The monoisotopic (exact) mass is 187 g/mol. The van der Waals surface area contributed by atoms with E-state index in [-0.39, 0.29) is 5.97 Å². The van der Waals surface area contributed by atoms with Gasteiger partial charge in [0.25, 0.3) is 0 Å². The van der Waals surface area contributed by atoms with Crippen molar-refractivity contribution in [3.05, 3.63) is 12.2 Å². The van der Waals surface area contributed by atoms with Gasteiger partial charge in [0.1, 0.15) is 6.61 Å². The highest BCUT2D eigenvalue weighted by Gasteiger charge is 2.01. The van der Waals surface area contributed by atoms with Crippen LogP contribution in [0, 0.1) is 0 Å². The molecule has 3 heteroatoms. The molecule has 0 aliphatic heterocycles. The summed E-state index contributed by atoms with van der Waals surface area (Å²) in [7, 11) is 3.85. The van der Waals surface area contributed by atoms with Crippen molar-refractivity contribution in [2.75, 3.05) is 27.2 Å². The summed E-state index contributed by atoms with van der Waals surface area (Å²) in [6.45, 7) is 10.3. The first-order valence-electron chi connectivity index (χ1n) is 4.51. The van der Waals surface area contributed by atoms with Crippen LogP contribution in [0.5, 0.6) is 0 Å². The molecule has 3 nitrogen and oxygen atoms in total. The molecule has 0 unspecified atom stereocenters. The molecular formula is C10H21NO2. The van der Waals surface area contributed by atoms with Crippen molar-refractivity contribution >= 4 is 5.97 Å². The van der Waals surface area contributed by atoms with Gasteiger partial charge in [0.15, 0.2) is 0 Å². The van der Waals surface area contributed by atoms with E-state index in [1.165, 1.54) is 0 Å². The summed E-state index contributed by atoms with van der Waals surface area (Å²) < 4.78 is 4.83. The Kier molecular flexibility index (Phi) is 10.5. The molecule has 0 rings (SSSR count). The summed E-state index contributed by atoms with van der Waals surface area (Å²) in [6, 6.07) is 0. The summed E-state index contributed by atoms with van der Waals surface area (Å²) in [4.78, 5) is 12.7. The van der Waals surface area contributed by atoms with Crippen molar-refractivity contribution in [3.8, 4) is 0 Å².